The van der Waals surface area contributed by atoms with Crippen LogP contribution in [-0.2, 0) is 11.8 Å². The molecule has 1 nitrogen and oxygen atoms in total. The third-order valence-electron chi connectivity index (χ3n) is 4.82. The summed E-state index contributed by atoms with van der Waals surface area (Å²) in [5.41, 5.74) is 2.11. The van der Waals surface area contributed by atoms with Gasteiger partial charge in [0.15, 0.2) is 11.6 Å². The second-order valence-corrected chi connectivity index (χ2v) is 7.25. The largest absolute Gasteiger partial charge is 0.454 e. The molecule has 0 fully saturated rings. The van der Waals surface area contributed by atoms with Crippen molar-refractivity contribution in [3.63, 3.8) is 0 Å². The van der Waals surface area contributed by atoms with Crippen molar-refractivity contribution < 1.29 is 9.13 Å². The minimum atomic E-state index is -0.256. The van der Waals surface area contributed by atoms with E-state index < -0.39 is 0 Å². The van der Waals surface area contributed by atoms with Crippen molar-refractivity contribution in [3.05, 3.63) is 95.8 Å². The lowest BCUT2D eigenvalue weighted by molar-refractivity contribution is 0.432. The number of hydrogen-bond donors (Lipinski definition) is 0. The molecule has 0 saturated heterocycles. The molecule has 0 saturated carbocycles. The number of rotatable bonds is 7. The molecule has 0 atom stereocenters. The Hall–Kier alpha value is -2.61. The first kappa shape index (κ1) is 18.2. The van der Waals surface area contributed by atoms with Crippen LogP contribution in [0.4, 0.5) is 4.39 Å². The molecular weight excluding hydrogens is 323 g/mol. The Labute approximate surface area is 155 Å². The number of aryl methyl sites for hydroxylation is 1. The molecule has 3 rings (SSSR count). The smallest absolute Gasteiger partial charge is 0.168 e. The minimum Gasteiger partial charge on any atom is -0.454 e. The molecule has 3 aromatic carbocycles. The molecule has 0 spiro atoms. The fourth-order valence-corrected chi connectivity index (χ4v) is 3.20. The van der Waals surface area contributed by atoms with E-state index in [1.165, 1.54) is 5.56 Å². The van der Waals surface area contributed by atoms with Crippen molar-refractivity contribution in [2.24, 2.45) is 0 Å². The van der Waals surface area contributed by atoms with Crippen LogP contribution in [0, 0.1) is 5.82 Å². The third kappa shape index (κ3) is 4.51. The summed E-state index contributed by atoms with van der Waals surface area (Å²) in [4.78, 5) is 0. The van der Waals surface area contributed by atoms with E-state index in [0.717, 1.165) is 12.8 Å². The first-order chi connectivity index (χ1) is 12.6. The van der Waals surface area contributed by atoms with E-state index >= 15 is 0 Å². The van der Waals surface area contributed by atoms with Crippen LogP contribution in [0.2, 0.25) is 0 Å². The number of benzene rings is 3. The minimum absolute atomic E-state index is 0.0793. The Morgan fingerprint density at radius 1 is 0.808 bits per heavy atom. The summed E-state index contributed by atoms with van der Waals surface area (Å²) in [5.74, 6) is 0.679. The molecule has 3 aromatic rings. The SMILES string of the molecule is CC(C)(CCCc1cccc(Oc2ccccc2)c1F)c1ccccc1. The fraction of sp³-hybridized carbons (Fsp3) is 0.250. The molecule has 0 aliphatic carbocycles. The highest BCUT2D eigenvalue weighted by Crippen LogP contribution is 2.31. The average Bonchev–Trinajstić information content (AvgIpc) is 2.66. The van der Waals surface area contributed by atoms with E-state index in [0.29, 0.717) is 17.7 Å². The van der Waals surface area contributed by atoms with Crippen molar-refractivity contribution >= 4 is 0 Å². The summed E-state index contributed by atoms with van der Waals surface area (Å²) in [6.45, 7) is 4.49. The molecule has 2 heteroatoms. The average molecular weight is 348 g/mol. The summed E-state index contributed by atoms with van der Waals surface area (Å²) in [6, 6.07) is 25.2. The van der Waals surface area contributed by atoms with E-state index in [2.05, 4.69) is 38.1 Å². The summed E-state index contributed by atoms with van der Waals surface area (Å²) in [6.07, 6.45) is 2.63. The predicted molar refractivity (Wildman–Crippen MR) is 105 cm³/mol. The van der Waals surface area contributed by atoms with Gasteiger partial charge in [-0.1, -0.05) is 74.5 Å². The van der Waals surface area contributed by atoms with Gasteiger partial charge in [-0.2, -0.15) is 0 Å². The molecule has 0 aliphatic rings. The number of hydrogen-bond acceptors (Lipinski definition) is 1. The van der Waals surface area contributed by atoms with Gasteiger partial charge in [-0.3, -0.25) is 0 Å². The molecular formula is C24H25FO. The first-order valence-corrected chi connectivity index (χ1v) is 9.12. The standard InChI is InChI=1S/C24H25FO/c1-24(2,20-13-5-3-6-14-20)18-10-12-19-11-9-17-22(23(19)25)26-21-15-7-4-8-16-21/h3-9,11,13-17H,10,12,18H2,1-2H3. The predicted octanol–water partition coefficient (Wildman–Crippen LogP) is 6.92. The van der Waals surface area contributed by atoms with Crippen molar-refractivity contribution in [2.75, 3.05) is 0 Å². The van der Waals surface area contributed by atoms with Gasteiger partial charge in [0.1, 0.15) is 5.75 Å². The number of halogens is 1. The molecule has 26 heavy (non-hydrogen) atoms. The maximum Gasteiger partial charge on any atom is 0.168 e. The Kier molecular flexibility index (Phi) is 5.72. The molecule has 0 aliphatic heterocycles. The lowest BCUT2D eigenvalue weighted by Gasteiger charge is -2.25. The first-order valence-electron chi connectivity index (χ1n) is 9.12. The fourth-order valence-electron chi connectivity index (χ4n) is 3.20. The summed E-state index contributed by atoms with van der Waals surface area (Å²) < 4.78 is 20.5. The second-order valence-electron chi connectivity index (χ2n) is 7.25. The van der Waals surface area contributed by atoms with E-state index in [1.54, 1.807) is 6.07 Å². The van der Waals surface area contributed by atoms with E-state index in [4.69, 9.17) is 4.74 Å². The van der Waals surface area contributed by atoms with Gasteiger partial charge >= 0.3 is 0 Å². The van der Waals surface area contributed by atoms with Crippen LogP contribution < -0.4 is 4.74 Å². The van der Waals surface area contributed by atoms with Gasteiger partial charge in [0, 0.05) is 0 Å². The van der Waals surface area contributed by atoms with Crippen molar-refractivity contribution in [1.29, 1.82) is 0 Å². The molecule has 0 aromatic heterocycles. The van der Waals surface area contributed by atoms with Crippen LogP contribution in [0.15, 0.2) is 78.9 Å². The van der Waals surface area contributed by atoms with Gasteiger partial charge in [-0.25, -0.2) is 4.39 Å². The van der Waals surface area contributed by atoms with Gasteiger partial charge < -0.3 is 4.74 Å². The summed E-state index contributed by atoms with van der Waals surface area (Å²) in [5, 5.41) is 0. The van der Waals surface area contributed by atoms with Gasteiger partial charge in [0.2, 0.25) is 0 Å². The van der Waals surface area contributed by atoms with E-state index in [9.17, 15) is 4.39 Å². The van der Waals surface area contributed by atoms with Crippen molar-refractivity contribution in [3.8, 4) is 11.5 Å². The van der Waals surface area contributed by atoms with Gasteiger partial charge in [0.05, 0.1) is 0 Å². The van der Waals surface area contributed by atoms with E-state index in [1.807, 2.05) is 48.5 Å². The van der Waals surface area contributed by atoms with Gasteiger partial charge in [0.25, 0.3) is 0 Å². The maximum absolute atomic E-state index is 14.8. The quantitative estimate of drug-likeness (QED) is 0.450. The molecule has 134 valence electrons. The van der Waals surface area contributed by atoms with Crippen LogP contribution >= 0.6 is 0 Å². The van der Waals surface area contributed by atoms with Gasteiger partial charge in [-0.15, -0.1) is 0 Å². The zero-order valence-corrected chi connectivity index (χ0v) is 15.4. The second kappa shape index (κ2) is 8.18. The van der Waals surface area contributed by atoms with Crippen LogP contribution in [-0.4, -0.2) is 0 Å². The monoisotopic (exact) mass is 348 g/mol. The lowest BCUT2D eigenvalue weighted by Crippen LogP contribution is -2.17. The van der Waals surface area contributed by atoms with Gasteiger partial charge in [-0.05, 0) is 54.0 Å². The molecule has 0 bridgehead atoms. The topological polar surface area (TPSA) is 9.23 Å². The third-order valence-corrected chi connectivity index (χ3v) is 4.82. The zero-order chi connectivity index (χ0) is 18.4. The van der Waals surface area contributed by atoms with Crippen LogP contribution in [0.25, 0.3) is 0 Å². The number of para-hydroxylation sites is 1. The highest BCUT2D eigenvalue weighted by atomic mass is 19.1. The lowest BCUT2D eigenvalue weighted by atomic mass is 9.80. The van der Waals surface area contributed by atoms with Crippen LogP contribution in [0.5, 0.6) is 11.5 Å². The summed E-state index contributed by atoms with van der Waals surface area (Å²) >= 11 is 0. The van der Waals surface area contributed by atoms with Crippen molar-refractivity contribution in [1.82, 2.24) is 0 Å². The number of ether oxygens (including phenoxy) is 1. The highest BCUT2D eigenvalue weighted by molar-refractivity contribution is 5.35. The van der Waals surface area contributed by atoms with Crippen LogP contribution in [0.3, 0.4) is 0 Å². The Balaban J connectivity index is 1.64. The Morgan fingerprint density at radius 2 is 1.46 bits per heavy atom. The molecule has 0 amide bonds. The molecule has 0 unspecified atom stereocenters. The normalized spacial score (nSPS) is 11.3. The molecule has 0 radical (unpaired) electrons. The van der Waals surface area contributed by atoms with Crippen LogP contribution in [0.1, 0.15) is 37.8 Å². The molecule has 0 N–H and O–H groups in total. The molecule has 0 heterocycles. The Morgan fingerprint density at radius 3 is 2.15 bits per heavy atom. The Bertz CT molecular complexity index is 825. The highest BCUT2D eigenvalue weighted by Gasteiger charge is 2.20. The van der Waals surface area contributed by atoms with E-state index in [-0.39, 0.29) is 17.0 Å². The van der Waals surface area contributed by atoms with Crippen molar-refractivity contribution in [2.45, 2.75) is 38.5 Å². The zero-order valence-electron chi connectivity index (χ0n) is 15.4. The summed E-state index contributed by atoms with van der Waals surface area (Å²) in [7, 11) is 0. The maximum atomic E-state index is 14.8.